The van der Waals surface area contributed by atoms with Gasteiger partial charge in [0.05, 0.1) is 30.8 Å². The minimum absolute atomic E-state index is 0.0238. The summed E-state index contributed by atoms with van der Waals surface area (Å²) in [7, 11) is 3.40. The molecule has 3 aromatic carbocycles. The molecule has 0 aliphatic carbocycles. The zero-order chi connectivity index (χ0) is 34.2. The van der Waals surface area contributed by atoms with Crippen molar-refractivity contribution in [3.63, 3.8) is 0 Å². The van der Waals surface area contributed by atoms with Gasteiger partial charge in [-0.05, 0) is 68.6 Å². The number of hydrogen-bond acceptors (Lipinski definition) is 9. The van der Waals surface area contributed by atoms with Gasteiger partial charge in [0.1, 0.15) is 12.0 Å². The van der Waals surface area contributed by atoms with Crippen molar-refractivity contribution in [1.82, 2.24) is 15.1 Å². The number of amides is 1. The van der Waals surface area contributed by atoms with E-state index < -0.39 is 42.0 Å². The Balaban J connectivity index is 1.29. The third kappa shape index (κ3) is 4.94. The molecule has 1 fully saturated rings. The van der Waals surface area contributed by atoms with Gasteiger partial charge in [-0.25, -0.2) is 0 Å². The molecular formula is C35H36F3N3O7. The first-order valence-electron chi connectivity index (χ1n) is 15.7. The van der Waals surface area contributed by atoms with E-state index in [1.54, 1.807) is 6.92 Å². The van der Waals surface area contributed by atoms with Crippen molar-refractivity contribution in [2.75, 3.05) is 27.5 Å². The Kier molecular flexibility index (Phi) is 7.76. The number of phenols is 2. The van der Waals surface area contributed by atoms with E-state index >= 15 is 0 Å². The van der Waals surface area contributed by atoms with Gasteiger partial charge < -0.3 is 34.8 Å². The van der Waals surface area contributed by atoms with Gasteiger partial charge in [-0.15, -0.1) is 0 Å². The number of fused-ring (bicyclic) bond motifs is 9. The predicted molar refractivity (Wildman–Crippen MR) is 168 cm³/mol. The van der Waals surface area contributed by atoms with E-state index in [2.05, 4.69) is 10.2 Å². The minimum Gasteiger partial charge on any atom is -0.507 e. The van der Waals surface area contributed by atoms with E-state index in [0.717, 1.165) is 29.3 Å². The first-order valence-corrected chi connectivity index (χ1v) is 15.7. The summed E-state index contributed by atoms with van der Waals surface area (Å²) in [6.07, 6.45) is -2.36. The average molecular weight is 668 g/mol. The fraction of sp³-hybridized carbons (Fsp3) is 0.400. The molecule has 2 bridgehead atoms. The molecule has 1 unspecified atom stereocenters. The van der Waals surface area contributed by atoms with Crippen LogP contribution in [0.2, 0.25) is 0 Å². The lowest BCUT2D eigenvalue weighted by molar-refractivity contribution is -0.172. The summed E-state index contributed by atoms with van der Waals surface area (Å²) >= 11 is 0. The Hall–Kier alpha value is -4.46. The Labute approximate surface area is 274 Å². The van der Waals surface area contributed by atoms with Crippen LogP contribution in [-0.4, -0.2) is 76.8 Å². The number of ether oxygens (including phenoxy) is 3. The number of piperazine rings is 1. The molecular weight excluding hydrogens is 631 g/mol. The highest BCUT2D eigenvalue weighted by Gasteiger charge is 2.56. The highest BCUT2D eigenvalue weighted by molar-refractivity contribution is 5.91. The van der Waals surface area contributed by atoms with Crippen LogP contribution >= 0.6 is 0 Å². The maximum absolute atomic E-state index is 13.2. The lowest BCUT2D eigenvalue weighted by atomic mass is 9.73. The number of hydrogen-bond donors (Lipinski definition) is 4. The van der Waals surface area contributed by atoms with Crippen LogP contribution in [0.3, 0.4) is 0 Å². The Morgan fingerprint density at radius 3 is 2.56 bits per heavy atom. The number of aliphatic hydroxyl groups excluding tert-OH is 1. The average Bonchev–Trinajstić information content (AvgIpc) is 3.54. The molecule has 1 saturated heterocycles. The van der Waals surface area contributed by atoms with Crippen LogP contribution in [-0.2, 0) is 23.8 Å². The number of methoxy groups -OCH3 is 1. The molecule has 4 aliphatic heterocycles. The molecule has 4 heterocycles. The first kappa shape index (κ1) is 32.1. The third-order valence-corrected chi connectivity index (χ3v) is 10.2. The van der Waals surface area contributed by atoms with Gasteiger partial charge in [-0.3, -0.25) is 14.6 Å². The highest BCUT2D eigenvalue weighted by atomic mass is 19.4. The highest BCUT2D eigenvalue weighted by Crippen LogP contribution is 2.57. The minimum atomic E-state index is -4.52. The predicted octanol–water partition coefficient (Wildman–Crippen LogP) is 4.50. The summed E-state index contributed by atoms with van der Waals surface area (Å²) in [5, 5.41) is 38.0. The molecule has 0 radical (unpaired) electrons. The zero-order valence-electron chi connectivity index (χ0n) is 26.8. The van der Waals surface area contributed by atoms with E-state index in [4.69, 9.17) is 14.2 Å². The van der Waals surface area contributed by atoms with Crippen molar-refractivity contribution in [3.8, 4) is 28.7 Å². The van der Waals surface area contributed by atoms with Crippen molar-refractivity contribution in [1.29, 1.82) is 0 Å². The summed E-state index contributed by atoms with van der Waals surface area (Å²) in [4.78, 5) is 17.1. The molecule has 4 N–H and O–H groups in total. The zero-order valence-corrected chi connectivity index (χ0v) is 26.8. The summed E-state index contributed by atoms with van der Waals surface area (Å²) in [5.74, 6) is 0.671. The number of carbonyl (C=O) groups excluding carboxylic acids is 1. The molecule has 1 amide bonds. The number of nitrogens with one attached hydrogen (secondary N) is 1. The van der Waals surface area contributed by atoms with E-state index in [1.807, 2.05) is 24.9 Å². The molecule has 0 saturated carbocycles. The molecule has 13 heteroatoms. The molecule has 254 valence electrons. The van der Waals surface area contributed by atoms with Crippen molar-refractivity contribution in [3.05, 3.63) is 80.9 Å². The largest absolute Gasteiger partial charge is 0.507 e. The van der Waals surface area contributed by atoms with Gasteiger partial charge in [0.15, 0.2) is 23.0 Å². The molecule has 5 atom stereocenters. The third-order valence-electron chi connectivity index (χ3n) is 10.2. The second-order valence-corrected chi connectivity index (χ2v) is 12.8. The van der Waals surface area contributed by atoms with Gasteiger partial charge in [0.25, 0.3) is 0 Å². The SMILES string of the molecule is COc1c(C)cc2c(c1O)[C@@H]1C3Cc4c(O)c(C)c5c(c4[C@H](CNC(=O)/C=C/c4cccc(C(F)(F)F)c4)N3[C@@H](O)[C@H](C2)N1C)OCO5. The smallest absolute Gasteiger partial charge is 0.416 e. The summed E-state index contributed by atoms with van der Waals surface area (Å²) in [6, 6.07) is 4.65. The second-order valence-electron chi connectivity index (χ2n) is 12.8. The van der Waals surface area contributed by atoms with E-state index in [0.29, 0.717) is 45.9 Å². The summed E-state index contributed by atoms with van der Waals surface area (Å²) in [5.41, 5.74) is 3.42. The van der Waals surface area contributed by atoms with Gasteiger partial charge in [-0.1, -0.05) is 18.2 Å². The summed E-state index contributed by atoms with van der Waals surface area (Å²) < 4.78 is 56.9. The van der Waals surface area contributed by atoms with Crippen molar-refractivity contribution < 1.29 is 47.5 Å². The van der Waals surface area contributed by atoms with Crippen molar-refractivity contribution in [2.24, 2.45) is 0 Å². The molecule has 0 aromatic heterocycles. The van der Waals surface area contributed by atoms with Crippen LogP contribution in [0.1, 0.15) is 56.6 Å². The van der Waals surface area contributed by atoms with Gasteiger partial charge in [0, 0.05) is 40.9 Å². The number of alkyl halides is 3. The monoisotopic (exact) mass is 667 g/mol. The number of likely N-dealkylation sites (N-methyl/N-ethyl adjacent to an activating group) is 1. The van der Waals surface area contributed by atoms with Crippen LogP contribution in [0.15, 0.2) is 36.4 Å². The van der Waals surface area contributed by atoms with Gasteiger partial charge in [0.2, 0.25) is 12.7 Å². The van der Waals surface area contributed by atoms with Crippen LogP contribution in [0.4, 0.5) is 13.2 Å². The number of carbonyl (C=O) groups is 1. The number of benzene rings is 3. The maximum Gasteiger partial charge on any atom is 0.416 e. The Morgan fingerprint density at radius 1 is 1.08 bits per heavy atom. The van der Waals surface area contributed by atoms with Crippen molar-refractivity contribution >= 4 is 12.0 Å². The Bertz CT molecular complexity index is 1850. The molecule has 48 heavy (non-hydrogen) atoms. The number of nitrogens with zero attached hydrogens (tertiary/aromatic N) is 2. The number of phenolic OH excluding ortho intramolecular Hbond substituents is 2. The molecule has 10 nitrogen and oxygen atoms in total. The Morgan fingerprint density at radius 2 is 1.83 bits per heavy atom. The van der Waals surface area contributed by atoms with Crippen molar-refractivity contribution in [2.45, 2.75) is 63.3 Å². The number of aromatic hydroxyl groups is 2. The molecule has 3 aromatic rings. The lowest BCUT2D eigenvalue weighted by Gasteiger charge is -2.60. The number of rotatable bonds is 5. The van der Waals surface area contributed by atoms with Crippen LogP contribution in [0, 0.1) is 13.8 Å². The molecule has 7 rings (SSSR count). The quantitative estimate of drug-likeness (QED) is 0.292. The van der Waals surface area contributed by atoms with Gasteiger partial charge >= 0.3 is 6.18 Å². The summed E-state index contributed by atoms with van der Waals surface area (Å²) in [6.45, 7) is 3.49. The number of aryl methyl sites for hydroxylation is 1. The normalized spacial score (nSPS) is 24.6. The first-order chi connectivity index (χ1) is 22.8. The maximum atomic E-state index is 13.2. The number of halogens is 3. The van der Waals surface area contributed by atoms with Crippen LogP contribution < -0.4 is 19.5 Å². The lowest BCUT2D eigenvalue weighted by Crippen LogP contribution is -2.69. The van der Waals surface area contributed by atoms with E-state index in [9.17, 15) is 33.3 Å². The molecule has 4 aliphatic rings. The standard InChI is InChI=1S/C35H36F3N3O7/c1-16-10-19-12-23-34(45)41-22(28(40(23)3)26(19)30(44)31(16)46-4)13-21-27(33-32(47-15-48-33)17(2)29(21)43)24(41)14-39-25(42)9-8-18-6-5-7-20(11-18)35(36,37)38/h5-11,22-24,28,34,43-45H,12-15H2,1-4H3,(H,39,42)/b9-8+/t22?,23-,24-,28-,34-/m0/s1. The topological polar surface area (TPSA) is 124 Å². The number of aliphatic hydroxyl groups is 1. The van der Waals surface area contributed by atoms with E-state index in [-0.39, 0.29) is 42.9 Å². The van der Waals surface area contributed by atoms with E-state index in [1.165, 1.54) is 25.3 Å². The van der Waals surface area contributed by atoms with Gasteiger partial charge in [-0.2, -0.15) is 13.2 Å². The van der Waals surface area contributed by atoms with Crippen LogP contribution in [0.25, 0.3) is 6.08 Å². The van der Waals surface area contributed by atoms with Crippen LogP contribution in [0.5, 0.6) is 28.7 Å². The fourth-order valence-electron chi connectivity index (χ4n) is 8.10. The molecule has 0 spiro atoms. The second kappa shape index (κ2) is 11.6. The fourth-order valence-corrected chi connectivity index (χ4v) is 8.10.